The average molecular weight is 210 g/mol. The summed E-state index contributed by atoms with van der Waals surface area (Å²) < 4.78 is 1.82. The molecule has 1 N–H and O–H groups in total. The molecule has 1 rings (SSSR count). The maximum atomic E-state index is 4.20. The number of aryl methyl sites for hydroxylation is 1. The van der Waals surface area contributed by atoms with Crippen LogP contribution in [-0.4, -0.2) is 20.8 Å². The summed E-state index contributed by atoms with van der Waals surface area (Å²) in [6.45, 7) is 5.28. The molecule has 0 radical (unpaired) electrons. The van der Waals surface area contributed by atoms with Crippen LogP contribution in [0.3, 0.4) is 0 Å². The molecule has 0 amide bonds. The molecular formula is C11H22N4. The van der Waals surface area contributed by atoms with E-state index in [1.54, 1.807) is 6.33 Å². The number of nitrogens with one attached hydrogen (secondary N) is 1. The van der Waals surface area contributed by atoms with E-state index in [-0.39, 0.29) is 0 Å². The van der Waals surface area contributed by atoms with Gasteiger partial charge in [-0.15, -0.1) is 0 Å². The Morgan fingerprint density at radius 2 is 2.00 bits per heavy atom. The van der Waals surface area contributed by atoms with E-state index < -0.39 is 0 Å². The summed E-state index contributed by atoms with van der Waals surface area (Å²) in [5.41, 5.74) is 0. The lowest BCUT2D eigenvalue weighted by Crippen LogP contribution is -2.29. The van der Waals surface area contributed by atoms with Crippen LogP contribution in [0.4, 0.5) is 0 Å². The van der Waals surface area contributed by atoms with Gasteiger partial charge < -0.3 is 5.32 Å². The third-order valence-electron chi connectivity index (χ3n) is 2.63. The molecule has 0 aliphatic rings. The summed E-state index contributed by atoms with van der Waals surface area (Å²) in [5, 5.41) is 7.59. The van der Waals surface area contributed by atoms with Crippen molar-refractivity contribution < 1.29 is 0 Å². The highest BCUT2D eigenvalue weighted by molar-refractivity contribution is 4.83. The van der Waals surface area contributed by atoms with Gasteiger partial charge in [-0.1, -0.05) is 26.7 Å². The van der Waals surface area contributed by atoms with Crippen LogP contribution in [0.25, 0.3) is 0 Å². The van der Waals surface area contributed by atoms with E-state index in [1.807, 2.05) is 11.7 Å². The van der Waals surface area contributed by atoms with Crippen LogP contribution in [0.2, 0.25) is 0 Å². The number of nitrogens with zero attached hydrogens (tertiary/aromatic N) is 3. The molecular weight excluding hydrogens is 188 g/mol. The summed E-state index contributed by atoms with van der Waals surface area (Å²) in [4.78, 5) is 4.20. The van der Waals surface area contributed by atoms with Gasteiger partial charge in [-0.3, -0.25) is 4.68 Å². The number of hydrogen-bond acceptors (Lipinski definition) is 3. The molecule has 0 bridgehead atoms. The maximum Gasteiger partial charge on any atom is 0.140 e. The highest BCUT2D eigenvalue weighted by Crippen LogP contribution is 2.05. The Morgan fingerprint density at radius 1 is 1.33 bits per heavy atom. The summed E-state index contributed by atoms with van der Waals surface area (Å²) in [5.74, 6) is 1.01. The van der Waals surface area contributed by atoms with Gasteiger partial charge in [0.05, 0.1) is 6.54 Å². The molecule has 86 valence electrons. The SMILES string of the molecule is CCCC(CCC)NCc1ncnn1C. The first-order valence-corrected chi connectivity index (χ1v) is 5.84. The van der Waals surface area contributed by atoms with Crippen LogP contribution in [-0.2, 0) is 13.6 Å². The maximum absolute atomic E-state index is 4.20. The Kier molecular flexibility index (Phi) is 5.32. The Bertz CT molecular complexity index is 263. The van der Waals surface area contributed by atoms with Gasteiger partial charge in [-0.25, -0.2) is 4.98 Å². The van der Waals surface area contributed by atoms with E-state index in [2.05, 4.69) is 29.2 Å². The van der Waals surface area contributed by atoms with Crippen LogP contribution >= 0.6 is 0 Å². The van der Waals surface area contributed by atoms with E-state index in [4.69, 9.17) is 0 Å². The van der Waals surface area contributed by atoms with Crippen LogP contribution in [0, 0.1) is 0 Å². The first kappa shape index (κ1) is 12.2. The standard InChI is InChI=1S/C11H22N4/c1-4-6-10(7-5-2)12-8-11-13-9-14-15(11)3/h9-10,12H,4-8H2,1-3H3. The Hall–Kier alpha value is -0.900. The Balaban J connectivity index is 2.36. The highest BCUT2D eigenvalue weighted by atomic mass is 15.3. The van der Waals surface area contributed by atoms with Crippen molar-refractivity contribution in [2.75, 3.05) is 0 Å². The van der Waals surface area contributed by atoms with Crippen molar-refractivity contribution in [2.24, 2.45) is 7.05 Å². The molecule has 1 heterocycles. The molecule has 0 aliphatic heterocycles. The normalized spacial score (nSPS) is 11.2. The molecule has 0 aromatic carbocycles. The molecule has 0 fully saturated rings. The van der Waals surface area contributed by atoms with Crippen molar-refractivity contribution in [1.29, 1.82) is 0 Å². The number of hydrogen-bond donors (Lipinski definition) is 1. The van der Waals surface area contributed by atoms with Crippen molar-refractivity contribution in [2.45, 2.75) is 52.1 Å². The zero-order chi connectivity index (χ0) is 11.1. The van der Waals surface area contributed by atoms with Gasteiger partial charge in [0.1, 0.15) is 12.2 Å². The van der Waals surface area contributed by atoms with Crippen LogP contribution in [0.15, 0.2) is 6.33 Å². The van der Waals surface area contributed by atoms with Gasteiger partial charge in [-0.05, 0) is 12.8 Å². The second-order valence-electron chi connectivity index (χ2n) is 3.96. The topological polar surface area (TPSA) is 42.7 Å². The molecule has 15 heavy (non-hydrogen) atoms. The van der Waals surface area contributed by atoms with Crippen molar-refractivity contribution in [1.82, 2.24) is 20.1 Å². The van der Waals surface area contributed by atoms with Gasteiger partial charge >= 0.3 is 0 Å². The smallest absolute Gasteiger partial charge is 0.140 e. The minimum atomic E-state index is 0.622. The molecule has 0 saturated carbocycles. The lowest BCUT2D eigenvalue weighted by Gasteiger charge is -2.16. The minimum absolute atomic E-state index is 0.622. The summed E-state index contributed by atoms with van der Waals surface area (Å²) >= 11 is 0. The molecule has 1 aromatic heterocycles. The van der Waals surface area contributed by atoms with Crippen molar-refractivity contribution in [3.8, 4) is 0 Å². The Labute approximate surface area is 92.1 Å². The number of aromatic nitrogens is 3. The first-order chi connectivity index (χ1) is 7.27. The van der Waals surface area contributed by atoms with Crippen molar-refractivity contribution in [3.63, 3.8) is 0 Å². The molecule has 1 aromatic rings. The van der Waals surface area contributed by atoms with E-state index in [9.17, 15) is 0 Å². The lowest BCUT2D eigenvalue weighted by molar-refractivity contribution is 0.432. The van der Waals surface area contributed by atoms with Gasteiger partial charge in [0.15, 0.2) is 0 Å². The minimum Gasteiger partial charge on any atom is -0.307 e. The summed E-state index contributed by atoms with van der Waals surface area (Å²) in [6, 6.07) is 0.622. The van der Waals surface area contributed by atoms with Crippen molar-refractivity contribution >= 4 is 0 Å². The van der Waals surface area contributed by atoms with E-state index >= 15 is 0 Å². The fraction of sp³-hybridized carbons (Fsp3) is 0.818. The van der Waals surface area contributed by atoms with Gasteiger partial charge in [0.25, 0.3) is 0 Å². The molecule has 0 saturated heterocycles. The molecule has 0 spiro atoms. The molecule has 0 aliphatic carbocycles. The summed E-state index contributed by atoms with van der Waals surface area (Å²) in [7, 11) is 1.93. The Morgan fingerprint density at radius 3 is 2.47 bits per heavy atom. The van der Waals surface area contributed by atoms with Gasteiger partial charge in [0, 0.05) is 13.1 Å². The van der Waals surface area contributed by atoms with Crippen LogP contribution in [0.1, 0.15) is 45.4 Å². The molecule has 0 atom stereocenters. The third kappa shape index (κ3) is 4.00. The monoisotopic (exact) mass is 210 g/mol. The second-order valence-corrected chi connectivity index (χ2v) is 3.96. The van der Waals surface area contributed by atoms with Crippen molar-refractivity contribution in [3.05, 3.63) is 12.2 Å². The quantitative estimate of drug-likeness (QED) is 0.747. The predicted molar refractivity (Wildman–Crippen MR) is 61.4 cm³/mol. The number of rotatable bonds is 7. The average Bonchev–Trinajstić information content (AvgIpc) is 2.61. The molecule has 4 nitrogen and oxygen atoms in total. The van der Waals surface area contributed by atoms with Crippen LogP contribution in [0.5, 0.6) is 0 Å². The largest absolute Gasteiger partial charge is 0.307 e. The van der Waals surface area contributed by atoms with Crippen LogP contribution < -0.4 is 5.32 Å². The van der Waals surface area contributed by atoms with E-state index in [0.717, 1.165) is 12.4 Å². The fourth-order valence-corrected chi connectivity index (χ4v) is 1.76. The van der Waals surface area contributed by atoms with E-state index in [1.165, 1.54) is 25.7 Å². The predicted octanol–water partition coefficient (Wildman–Crippen LogP) is 1.87. The van der Waals surface area contributed by atoms with Gasteiger partial charge in [-0.2, -0.15) is 5.10 Å². The zero-order valence-corrected chi connectivity index (χ0v) is 10.0. The second kappa shape index (κ2) is 6.56. The van der Waals surface area contributed by atoms with E-state index in [0.29, 0.717) is 6.04 Å². The highest BCUT2D eigenvalue weighted by Gasteiger charge is 2.07. The lowest BCUT2D eigenvalue weighted by atomic mass is 10.1. The first-order valence-electron chi connectivity index (χ1n) is 5.84. The molecule has 0 unspecified atom stereocenters. The zero-order valence-electron chi connectivity index (χ0n) is 10.0. The summed E-state index contributed by atoms with van der Waals surface area (Å²) in [6.07, 6.45) is 6.55. The van der Waals surface area contributed by atoms with Gasteiger partial charge in [0.2, 0.25) is 0 Å². The fourth-order valence-electron chi connectivity index (χ4n) is 1.76. The molecule has 4 heteroatoms. The third-order valence-corrected chi connectivity index (χ3v) is 2.63.